The molecule has 1 aromatic heterocycles. The summed E-state index contributed by atoms with van der Waals surface area (Å²) in [6.45, 7) is 0. The smallest absolute Gasteiger partial charge is 0.134 e. The first-order valence-electron chi connectivity index (χ1n) is 20.2. The number of benzene rings is 7. The maximum absolute atomic E-state index is 9.50. The van der Waals surface area contributed by atoms with E-state index in [0.717, 1.165) is 29.0 Å². The normalized spacial score (nSPS) is 18.2. The fraction of sp³-hybridized carbons (Fsp3) is 0.122. The predicted molar refractivity (Wildman–Crippen MR) is 178 cm³/mol. The quantitative estimate of drug-likeness (QED) is 0.157. The van der Waals surface area contributed by atoms with E-state index in [1.54, 1.807) is 0 Å². The molecule has 0 aliphatic heterocycles. The molecular formula is C41H30O. The maximum atomic E-state index is 9.50. The van der Waals surface area contributed by atoms with Crippen LogP contribution in [0.15, 0.2) is 132 Å². The number of furan rings is 1. The third kappa shape index (κ3) is 3.50. The molecule has 0 radical (unpaired) electrons. The Morgan fingerprint density at radius 2 is 1.17 bits per heavy atom. The number of hydrogen-bond donors (Lipinski definition) is 0. The summed E-state index contributed by atoms with van der Waals surface area (Å²) < 4.78 is 116. The van der Waals surface area contributed by atoms with Crippen molar-refractivity contribution in [2.45, 2.75) is 31.6 Å². The van der Waals surface area contributed by atoms with E-state index in [-0.39, 0.29) is 73.2 Å². The van der Waals surface area contributed by atoms with E-state index < -0.39 is 54.6 Å². The Labute approximate surface area is 261 Å². The zero-order valence-electron chi connectivity index (χ0n) is 34.5. The van der Waals surface area contributed by atoms with Crippen molar-refractivity contribution in [2.75, 3.05) is 0 Å². The van der Waals surface area contributed by atoms with Gasteiger partial charge in [-0.2, -0.15) is 0 Å². The number of rotatable bonds is 3. The first-order chi connectivity index (χ1) is 25.8. The lowest BCUT2D eigenvalue weighted by atomic mass is 9.83. The molecule has 0 N–H and O–H groups in total. The molecule has 7 aromatic carbocycles. The average molecular weight is 551 g/mol. The predicted octanol–water partition coefficient (Wildman–Crippen LogP) is 12.0. The van der Waals surface area contributed by atoms with Crippen LogP contribution in [0.1, 0.15) is 53.6 Å². The van der Waals surface area contributed by atoms with Crippen LogP contribution in [0.2, 0.25) is 0 Å². The van der Waals surface area contributed by atoms with Crippen molar-refractivity contribution in [3.05, 3.63) is 133 Å². The molecule has 200 valence electrons. The lowest BCUT2D eigenvalue weighted by molar-refractivity contribution is 0.616. The van der Waals surface area contributed by atoms with E-state index in [1.807, 2.05) is 54.6 Å². The van der Waals surface area contributed by atoms with Crippen LogP contribution in [0.3, 0.4) is 0 Å². The molecule has 0 unspecified atom stereocenters. The van der Waals surface area contributed by atoms with Gasteiger partial charge >= 0.3 is 0 Å². The minimum Gasteiger partial charge on any atom is -0.464 e. The molecule has 1 aliphatic rings. The van der Waals surface area contributed by atoms with Gasteiger partial charge in [0.2, 0.25) is 0 Å². The molecular weight excluding hydrogens is 508 g/mol. The van der Waals surface area contributed by atoms with Crippen molar-refractivity contribution in [1.82, 2.24) is 0 Å². The Kier molecular flexibility index (Phi) is 3.30. The van der Waals surface area contributed by atoms with E-state index in [1.165, 1.54) is 0 Å². The van der Waals surface area contributed by atoms with Gasteiger partial charge in [0.1, 0.15) is 6.95 Å². The van der Waals surface area contributed by atoms with Crippen LogP contribution in [0.25, 0.3) is 76.3 Å². The fourth-order valence-corrected chi connectivity index (χ4v) is 6.82. The van der Waals surface area contributed by atoms with E-state index in [2.05, 4.69) is 0 Å². The van der Waals surface area contributed by atoms with E-state index in [0.29, 0.717) is 29.4 Å². The minimum absolute atomic E-state index is 0.00535. The molecule has 8 aromatic rings. The second kappa shape index (κ2) is 9.33. The van der Waals surface area contributed by atoms with Crippen LogP contribution in [-0.4, -0.2) is 0 Å². The third-order valence-electron chi connectivity index (χ3n) is 8.73. The number of fused-ring (bicyclic) bond motifs is 6. The zero-order chi connectivity index (χ0) is 38.1. The SMILES string of the molecule is [2H]c1oc2c([2H])c([2H])c(C3CCCC3)c([2H])c2c1-c1c2c([2H])c([2H])c([2H])c([2H])c2c(-c2cc3ccccc3c3ccccc23)c2c([2H])c([2H])c([2H])c([2H])c12. The van der Waals surface area contributed by atoms with Crippen LogP contribution in [0.5, 0.6) is 0 Å². The summed E-state index contributed by atoms with van der Waals surface area (Å²) in [4.78, 5) is 0. The van der Waals surface area contributed by atoms with Gasteiger partial charge in [-0.1, -0.05) is 116 Å². The van der Waals surface area contributed by atoms with Gasteiger partial charge in [0.15, 0.2) is 0 Å². The molecule has 0 atom stereocenters. The highest BCUT2D eigenvalue weighted by Gasteiger charge is 2.22. The highest BCUT2D eigenvalue weighted by Crippen LogP contribution is 2.48. The van der Waals surface area contributed by atoms with Crippen molar-refractivity contribution in [2.24, 2.45) is 0 Å². The maximum Gasteiger partial charge on any atom is 0.134 e. The molecule has 0 amide bonds. The Hall–Kier alpha value is -4.88. The Morgan fingerprint density at radius 3 is 1.86 bits per heavy atom. The van der Waals surface area contributed by atoms with Gasteiger partial charge in [-0.15, -0.1) is 0 Å². The second-order valence-electron chi connectivity index (χ2n) is 11.0. The molecule has 9 rings (SSSR count). The summed E-state index contributed by atoms with van der Waals surface area (Å²) in [7, 11) is 0. The molecule has 1 aliphatic carbocycles. The molecule has 1 heteroatoms. The van der Waals surface area contributed by atoms with E-state index in [9.17, 15) is 8.22 Å². The molecule has 0 spiro atoms. The molecule has 1 heterocycles. The van der Waals surface area contributed by atoms with Gasteiger partial charge in [-0.05, 0) is 96.7 Å². The van der Waals surface area contributed by atoms with Crippen molar-refractivity contribution in [1.29, 1.82) is 0 Å². The number of hydrogen-bond acceptors (Lipinski definition) is 1. The Bertz CT molecular complexity index is 2900. The van der Waals surface area contributed by atoms with Gasteiger partial charge in [0, 0.05) is 16.5 Å². The minimum atomic E-state index is -0.588. The lowest BCUT2D eigenvalue weighted by Gasteiger charge is -2.19. The van der Waals surface area contributed by atoms with Gasteiger partial charge in [-0.25, -0.2) is 0 Å². The molecule has 1 fully saturated rings. The van der Waals surface area contributed by atoms with Crippen molar-refractivity contribution in [3.63, 3.8) is 0 Å². The lowest BCUT2D eigenvalue weighted by Crippen LogP contribution is -1.93. The molecule has 1 saturated carbocycles. The van der Waals surface area contributed by atoms with Crippen LogP contribution in [0, 0.1) is 0 Å². The van der Waals surface area contributed by atoms with E-state index in [4.69, 9.17) is 12.6 Å². The van der Waals surface area contributed by atoms with Gasteiger partial charge in [-0.3, -0.25) is 0 Å². The molecule has 42 heavy (non-hydrogen) atoms. The van der Waals surface area contributed by atoms with Gasteiger partial charge in [0.05, 0.1) is 21.3 Å². The van der Waals surface area contributed by atoms with Crippen molar-refractivity contribution in [3.8, 4) is 22.3 Å². The van der Waals surface area contributed by atoms with E-state index >= 15 is 0 Å². The monoisotopic (exact) mass is 550 g/mol. The summed E-state index contributed by atoms with van der Waals surface area (Å²) in [6, 6.07) is 12.3. The zero-order valence-corrected chi connectivity index (χ0v) is 22.5. The van der Waals surface area contributed by atoms with Gasteiger partial charge < -0.3 is 4.42 Å². The van der Waals surface area contributed by atoms with Crippen LogP contribution in [0.4, 0.5) is 0 Å². The first-order valence-corrected chi connectivity index (χ1v) is 14.2. The molecule has 1 nitrogen and oxygen atoms in total. The summed E-state index contributed by atoms with van der Waals surface area (Å²) in [5.74, 6) is -0.179. The second-order valence-corrected chi connectivity index (χ2v) is 11.0. The summed E-state index contributed by atoms with van der Waals surface area (Å²) in [5, 5.41) is 3.00. The standard InChI is InChI=1S/C41H30O/c1-2-12-26(11-1)27-21-22-39-36(23-27)38(25-42-39)41-34-19-9-7-17-32(34)40(33-18-8-10-20-35(33)41)37-24-28-13-3-4-14-29(28)30-15-5-6-16-31(30)37/h3-10,13-26H,1-2,11-12H2/i7D,8D,9D,10D,17D,18D,19D,20D,21D,22D,23D,25D. The third-order valence-corrected chi connectivity index (χ3v) is 8.73. The van der Waals surface area contributed by atoms with Crippen LogP contribution < -0.4 is 0 Å². The molecule has 0 saturated heterocycles. The molecule has 0 bridgehead atoms. The Morgan fingerprint density at radius 1 is 0.571 bits per heavy atom. The van der Waals surface area contributed by atoms with Crippen LogP contribution in [-0.2, 0) is 0 Å². The van der Waals surface area contributed by atoms with Crippen molar-refractivity contribution < 1.29 is 20.9 Å². The summed E-state index contributed by atoms with van der Waals surface area (Å²) in [6.07, 6.45) is 2.66. The highest BCUT2D eigenvalue weighted by molar-refractivity contribution is 6.26. The average Bonchev–Trinajstić information content (AvgIpc) is 3.83. The largest absolute Gasteiger partial charge is 0.464 e. The Balaban J connectivity index is 1.60. The summed E-state index contributed by atoms with van der Waals surface area (Å²) in [5.41, 5.74) is 0.558. The fourth-order valence-electron chi connectivity index (χ4n) is 6.82. The van der Waals surface area contributed by atoms with Crippen LogP contribution >= 0.6 is 0 Å². The topological polar surface area (TPSA) is 13.1 Å². The van der Waals surface area contributed by atoms with Crippen molar-refractivity contribution >= 4 is 54.1 Å². The first kappa shape index (κ1) is 14.8. The van der Waals surface area contributed by atoms with Gasteiger partial charge in [0.25, 0.3) is 0 Å². The summed E-state index contributed by atoms with van der Waals surface area (Å²) >= 11 is 0. The highest BCUT2D eigenvalue weighted by atomic mass is 16.3.